The molecule has 1 aliphatic rings. The molecule has 1 heterocycles. The molecule has 0 radical (unpaired) electrons. The third kappa shape index (κ3) is 6.51. The SMILES string of the molecule is CC(=O)OC[C@H]1OC(OC(C)=O)[C@H](OC(C)=O)[C@@H](N=C=S)[C@@H]1OC(C)=O. The Morgan fingerprint density at radius 3 is 1.92 bits per heavy atom. The van der Waals surface area contributed by atoms with Gasteiger partial charge in [0.05, 0.1) is 5.16 Å². The maximum Gasteiger partial charge on any atom is 0.305 e. The number of hydrogen-bond donors (Lipinski definition) is 0. The summed E-state index contributed by atoms with van der Waals surface area (Å²) in [7, 11) is 0. The number of thiocarbonyl (C=S) groups is 1. The van der Waals surface area contributed by atoms with E-state index in [9.17, 15) is 19.2 Å². The van der Waals surface area contributed by atoms with Crippen LogP contribution in [0.15, 0.2) is 4.99 Å². The van der Waals surface area contributed by atoms with Crippen LogP contribution < -0.4 is 0 Å². The fourth-order valence-electron chi connectivity index (χ4n) is 2.35. The number of carbonyl (C=O) groups is 4. The van der Waals surface area contributed by atoms with E-state index >= 15 is 0 Å². The quantitative estimate of drug-likeness (QED) is 0.268. The van der Waals surface area contributed by atoms with Crippen molar-refractivity contribution in [2.75, 3.05) is 6.61 Å². The monoisotopic (exact) mass is 389 g/mol. The van der Waals surface area contributed by atoms with Gasteiger partial charge in [-0.25, -0.2) is 4.99 Å². The van der Waals surface area contributed by atoms with Crippen LogP contribution in [0.2, 0.25) is 0 Å². The highest BCUT2D eigenvalue weighted by molar-refractivity contribution is 7.78. The van der Waals surface area contributed by atoms with E-state index < -0.39 is 54.5 Å². The lowest BCUT2D eigenvalue weighted by molar-refractivity contribution is -0.274. The Balaban J connectivity index is 3.27. The van der Waals surface area contributed by atoms with Crippen LogP contribution in [0.4, 0.5) is 0 Å². The third-order valence-electron chi connectivity index (χ3n) is 3.16. The molecular weight excluding hydrogens is 370 g/mol. The van der Waals surface area contributed by atoms with Crippen molar-refractivity contribution in [2.45, 2.75) is 58.3 Å². The zero-order valence-corrected chi connectivity index (χ0v) is 15.4. The smallest absolute Gasteiger partial charge is 0.305 e. The number of rotatable bonds is 6. The summed E-state index contributed by atoms with van der Waals surface area (Å²) >= 11 is 4.61. The highest BCUT2D eigenvalue weighted by atomic mass is 32.1. The molecule has 0 aromatic carbocycles. The maximum absolute atomic E-state index is 11.5. The van der Waals surface area contributed by atoms with Gasteiger partial charge >= 0.3 is 23.9 Å². The first-order chi connectivity index (χ1) is 12.1. The van der Waals surface area contributed by atoms with Gasteiger partial charge in [0, 0.05) is 27.7 Å². The number of ether oxygens (including phenoxy) is 5. The number of isothiocyanates is 1. The third-order valence-corrected chi connectivity index (χ3v) is 3.26. The zero-order valence-electron chi connectivity index (χ0n) is 14.6. The molecule has 5 atom stereocenters. The first-order valence-electron chi connectivity index (χ1n) is 7.53. The summed E-state index contributed by atoms with van der Waals surface area (Å²) in [5, 5.41) is 2.13. The largest absolute Gasteiger partial charge is 0.463 e. The molecule has 10 nitrogen and oxygen atoms in total. The van der Waals surface area contributed by atoms with Gasteiger partial charge in [-0.15, -0.1) is 0 Å². The van der Waals surface area contributed by atoms with Crippen LogP contribution in [0.25, 0.3) is 0 Å². The van der Waals surface area contributed by atoms with Crippen LogP contribution >= 0.6 is 12.2 Å². The van der Waals surface area contributed by atoms with E-state index in [0.717, 1.165) is 20.8 Å². The molecule has 0 aromatic heterocycles. The molecule has 1 fully saturated rings. The van der Waals surface area contributed by atoms with Crippen molar-refractivity contribution in [2.24, 2.45) is 4.99 Å². The summed E-state index contributed by atoms with van der Waals surface area (Å²) in [5.41, 5.74) is 0. The van der Waals surface area contributed by atoms with Crippen LogP contribution in [0.5, 0.6) is 0 Å². The summed E-state index contributed by atoms with van der Waals surface area (Å²) in [6.45, 7) is 4.28. The average molecular weight is 389 g/mol. The van der Waals surface area contributed by atoms with Crippen molar-refractivity contribution >= 4 is 41.3 Å². The summed E-state index contributed by atoms with van der Waals surface area (Å²) in [4.78, 5) is 49.2. The van der Waals surface area contributed by atoms with Crippen LogP contribution in [0, 0.1) is 0 Å². The molecule has 0 aliphatic carbocycles. The lowest BCUT2D eigenvalue weighted by atomic mass is 9.96. The van der Waals surface area contributed by atoms with Gasteiger partial charge in [0.2, 0.25) is 6.29 Å². The van der Waals surface area contributed by atoms with Gasteiger partial charge < -0.3 is 23.7 Å². The maximum atomic E-state index is 11.5. The van der Waals surface area contributed by atoms with Gasteiger partial charge in [-0.2, -0.15) is 0 Å². The molecule has 1 unspecified atom stereocenters. The second-order valence-corrected chi connectivity index (χ2v) is 5.50. The molecule has 144 valence electrons. The van der Waals surface area contributed by atoms with Crippen molar-refractivity contribution in [1.82, 2.24) is 0 Å². The highest BCUT2D eigenvalue weighted by Crippen LogP contribution is 2.29. The van der Waals surface area contributed by atoms with Gasteiger partial charge in [-0.3, -0.25) is 19.2 Å². The predicted octanol–water partition coefficient (Wildman–Crippen LogP) is 0.172. The second-order valence-electron chi connectivity index (χ2n) is 5.31. The first kappa shape index (κ1) is 21.7. The number of esters is 4. The van der Waals surface area contributed by atoms with Gasteiger partial charge in [0.1, 0.15) is 18.8 Å². The van der Waals surface area contributed by atoms with Crippen LogP contribution in [-0.2, 0) is 42.9 Å². The van der Waals surface area contributed by atoms with E-state index in [1.165, 1.54) is 6.92 Å². The lowest BCUT2D eigenvalue weighted by Gasteiger charge is -2.42. The molecular formula is C15H19NO9S. The molecule has 0 aromatic rings. The minimum atomic E-state index is -1.37. The predicted molar refractivity (Wildman–Crippen MR) is 87.0 cm³/mol. The van der Waals surface area contributed by atoms with E-state index in [1.54, 1.807) is 0 Å². The molecule has 11 heteroatoms. The lowest BCUT2D eigenvalue weighted by Crippen LogP contribution is -2.61. The second kappa shape index (κ2) is 9.95. The normalized spacial score (nSPS) is 27.5. The summed E-state index contributed by atoms with van der Waals surface area (Å²) in [6.07, 6.45) is -4.79. The topological polar surface area (TPSA) is 127 Å². The van der Waals surface area contributed by atoms with Crippen LogP contribution in [-0.4, -0.2) is 66.3 Å². The highest BCUT2D eigenvalue weighted by Gasteiger charge is 2.51. The molecule has 1 aliphatic heterocycles. The van der Waals surface area contributed by atoms with E-state index in [1.807, 2.05) is 0 Å². The number of hydrogen-bond acceptors (Lipinski definition) is 11. The van der Waals surface area contributed by atoms with E-state index in [2.05, 4.69) is 22.4 Å². The van der Waals surface area contributed by atoms with E-state index in [4.69, 9.17) is 23.7 Å². The Bertz CT molecular complexity index is 616. The average Bonchev–Trinajstić information content (AvgIpc) is 2.50. The summed E-state index contributed by atoms with van der Waals surface area (Å²) in [5.74, 6) is -2.70. The molecule has 0 amide bonds. The Hall–Kier alpha value is -2.36. The molecule has 0 spiro atoms. The van der Waals surface area contributed by atoms with Crippen molar-refractivity contribution in [3.05, 3.63) is 0 Å². The van der Waals surface area contributed by atoms with Crippen molar-refractivity contribution in [1.29, 1.82) is 0 Å². The molecule has 0 saturated carbocycles. The van der Waals surface area contributed by atoms with E-state index in [-0.39, 0.29) is 6.61 Å². The van der Waals surface area contributed by atoms with Crippen LogP contribution in [0.1, 0.15) is 27.7 Å². The Labute approximate surface area is 154 Å². The molecule has 26 heavy (non-hydrogen) atoms. The number of carbonyl (C=O) groups excluding carboxylic acids is 4. The first-order valence-corrected chi connectivity index (χ1v) is 7.94. The van der Waals surface area contributed by atoms with Gasteiger partial charge in [0.15, 0.2) is 12.2 Å². The number of nitrogens with zero attached hydrogens (tertiary/aromatic N) is 1. The van der Waals surface area contributed by atoms with Crippen molar-refractivity contribution < 1.29 is 42.9 Å². The molecule has 0 N–H and O–H groups in total. The Morgan fingerprint density at radius 1 is 0.923 bits per heavy atom. The number of aliphatic imine (C=N–C) groups is 1. The fraction of sp³-hybridized carbons (Fsp3) is 0.667. The molecule has 1 saturated heterocycles. The summed E-state index contributed by atoms with van der Waals surface area (Å²) < 4.78 is 25.8. The minimum absolute atomic E-state index is 0.318. The van der Waals surface area contributed by atoms with Crippen molar-refractivity contribution in [3.8, 4) is 0 Å². The standard InChI is InChI=1S/C15H19NO9S/c1-7(17)21-5-11-13(22-8(2)18)12(16-6-26)14(23-9(3)19)15(25-11)24-10(4)20/h11-15H,5H2,1-4H3/t11-,12+,13-,14-,15?/m1/s1. The Morgan fingerprint density at radius 2 is 1.46 bits per heavy atom. The van der Waals surface area contributed by atoms with E-state index in [0.29, 0.717) is 0 Å². The molecule has 0 bridgehead atoms. The summed E-state index contributed by atoms with van der Waals surface area (Å²) in [6, 6.07) is -1.08. The zero-order chi connectivity index (χ0) is 19.9. The Kier molecular flexibility index (Phi) is 8.30. The fourth-order valence-corrected chi connectivity index (χ4v) is 2.47. The minimum Gasteiger partial charge on any atom is -0.463 e. The van der Waals surface area contributed by atoms with Crippen molar-refractivity contribution in [3.63, 3.8) is 0 Å². The van der Waals surface area contributed by atoms with Gasteiger partial charge in [-0.1, -0.05) is 0 Å². The van der Waals surface area contributed by atoms with Gasteiger partial charge in [0.25, 0.3) is 0 Å². The van der Waals surface area contributed by atoms with Crippen LogP contribution in [0.3, 0.4) is 0 Å². The molecule has 1 rings (SSSR count). The van der Waals surface area contributed by atoms with Gasteiger partial charge in [-0.05, 0) is 12.2 Å².